The summed E-state index contributed by atoms with van der Waals surface area (Å²) in [4.78, 5) is 59.2. The molecule has 1 heterocycles. The van der Waals surface area contributed by atoms with Crippen LogP contribution in [0, 0.1) is 5.41 Å². The van der Waals surface area contributed by atoms with Crippen molar-refractivity contribution in [3.05, 3.63) is 68.7 Å². The Bertz CT molecular complexity index is 1510. The van der Waals surface area contributed by atoms with Gasteiger partial charge in [0.1, 0.15) is 12.2 Å². The molecular weight excluding hydrogens is 666 g/mol. The van der Waals surface area contributed by atoms with Gasteiger partial charge in [0.25, 0.3) is 5.91 Å². The normalized spacial score (nSPS) is 19.1. The first-order chi connectivity index (χ1) is 20.9. The highest BCUT2D eigenvalue weighted by atomic mass is 79.9. The third-order valence-corrected chi connectivity index (χ3v) is 7.90. The number of alkyl carbamates (subject to hydrolysis) is 2. The van der Waals surface area contributed by atoms with Gasteiger partial charge < -0.3 is 20.5 Å². The number of hydrogen-bond acceptors (Lipinski definition) is 7. The highest BCUT2D eigenvalue weighted by Gasteiger charge is 2.54. The summed E-state index contributed by atoms with van der Waals surface area (Å²) in [7, 11) is 0. The number of hydrogen-bond donors (Lipinski definition) is 3. The van der Waals surface area contributed by atoms with Gasteiger partial charge in [-0.25, -0.2) is 14.6 Å². The average molecular weight is 705 g/mol. The molecule has 1 fully saturated rings. The summed E-state index contributed by atoms with van der Waals surface area (Å²) in [5.41, 5.74) is 3.86. The smallest absolute Gasteiger partial charge is 0.414 e. The fraction of sp³-hybridized carbons (Fsp3) is 0.469. The molecular formula is C32H39BrClN5O6. The number of benzene rings is 2. The molecule has 0 aromatic heterocycles. The van der Waals surface area contributed by atoms with Gasteiger partial charge in [-0.1, -0.05) is 66.5 Å². The summed E-state index contributed by atoms with van der Waals surface area (Å²) < 4.78 is 12.0. The van der Waals surface area contributed by atoms with Crippen molar-refractivity contribution in [2.75, 3.05) is 6.61 Å². The fourth-order valence-electron chi connectivity index (χ4n) is 5.10. The summed E-state index contributed by atoms with van der Waals surface area (Å²) >= 11 is 9.73. The first-order valence-electron chi connectivity index (χ1n) is 14.6. The van der Waals surface area contributed by atoms with Crippen molar-refractivity contribution in [2.45, 2.75) is 84.0 Å². The number of rotatable bonds is 8. The number of guanidine groups is 1. The van der Waals surface area contributed by atoms with Gasteiger partial charge in [-0.05, 0) is 80.8 Å². The van der Waals surface area contributed by atoms with E-state index in [0.717, 1.165) is 17.3 Å². The Balaban J connectivity index is 1.88. The van der Waals surface area contributed by atoms with E-state index in [1.54, 1.807) is 39.0 Å². The number of nitrogens with one attached hydrogen (secondary N) is 2. The van der Waals surface area contributed by atoms with E-state index < -0.39 is 46.6 Å². The quantitative estimate of drug-likeness (QED) is 0.298. The van der Waals surface area contributed by atoms with Crippen molar-refractivity contribution in [3.63, 3.8) is 0 Å². The molecule has 2 aromatic rings. The first kappa shape index (κ1) is 34.2. The number of aliphatic imine (C=N–C) groups is 1. The van der Waals surface area contributed by atoms with Gasteiger partial charge in [-0.15, -0.1) is 0 Å². The van der Waals surface area contributed by atoms with Crippen LogP contribution in [0.1, 0.15) is 88.3 Å². The first-order valence-corrected chi connectivity index (χ1v) is 15.8. The van der Waals surface area contributed by atoms with E-state index in [4.69, 9.17) is 31.8 Å². The maximum absolute atomic E-state index is 14.9. The maximum atomic E-state index is 14.9. The van der Waals surface area contributed by atoms with Gasteiger partial charge in [0.05, 0.1) is 16.6 Å². The Labute approximate surface area is 276 Å². The second-order valence-electron chi connectivity index (χ2n) is 13.5. The number of amides is 4. The molecule has 2 unspecified atom stereocenters. The van der Waals surface area contributed by atoms with Gasteiger partial charge in [-0.2, -0.15) is 0 Å². The van der Waals surface area contributed by atoms with E-state index in [-0.39, 0.29) is 35.6 Å². The predicted octanol–water partition coefficient (Wildman–Crippen LogP) is 6.19. The number of halogens is 2. The van der Waals surface area contributed by atoms with Crippen molar-refractivity contribution in [2.24, 2.45) is 16.1 Å². The summed E-state index contributed by atoms with van der Waals surface area (Å²) in [5.74, 6) is -1.36. The van der Waals surface area contributed by atoms with E-state index in [9.17, 15) is 19.2 Å². The molecule has 2 aromatic carbocycles. The number of nitrogens with zero attached hydrogens (tertiary/aromatic N) is 2. The highest BCUT2D eigenvalue weighted by Crippen LogP contribution is 2.45. The van der Waals surface area contributed by atoms with Crippen LogP contribution < -0.4 is 16.4 Å². The topological polar surface area (TPSA) is 152 Å². The van der Waals surface area contributed by atoms with Gasteiger partial charge >= 0.3 is 12.2 Å². The largest absolute Gasteiger partial charge is 0.447 e. The number of primary amides is 1. The van der Waals surface area contributed by atoms with Crippen LogP contribution in [0.5, 0.6) is 0 Å². The lowest BCUT2D eigenvalue weighted by molar-refractivity contribution is -0.135. The molecule has 1 aliphatic heterocycles. The van der Waals surface area contributed by atoms with Crippen LogP contribution in [0.4, 0.5) is 9.59 Å². The summed E-state index contributed by atoms with van der Waals surface area (Å²) in [5, 5.41) is 5.56. The SMILES string of the molecule is CC(C)(C)CC1(c2ccc(Br)cc2)N=C(NC(=O)OC(C)(C)C)N(C(COC(=O)NC2CC2)c2ccc(Cl)c(C(N)=O)c2)C1=O. The Morgan fingerprint density at radius 3 is 2.29 bits per heavy atom. The van der Waals surface area contributed by atoms with Crippen molar-refractivity contribution in [1.29, 1.82) is 0 Å². The molecule has 0 bridgehead atoms. The monoisotopic (exact) mass is 703 g/mol. The van der Waals surface area contributed by atoms with Gasteiger partial charge in [-0.3, -0.25) is 19.8 Å². The summed E-state index contributed by atoms with van der Waals surface area (Å²) in [6.07, 6.45) is 0.467. The maximum Gasteiger partial charge on any atom is 0.414 e. The molecule has 2 aliphatic rings. The molecule has 13 heteroatoms. The number of carbonyl (C=O) groups is 4. The second kappa shape index (κ2) is 13.0. The van der Waals surface area contributed by atoms with Crippen LogP contribution in [0.15, 0.2) is 51.9 Å². The number of nitrogens with two attached hydrogens (primary N) is 1. The fourth-order valence-corrected chi connectivity index (χ4v) is 5.57. The standard InChI is InChI=1S/C32H39BrClN5O6/c1-30(2,3)17-32(19-8-10-20(33)11-9-19)26(41)39(27(38-32)37-29(43)45-31(4,5)6)24(16-44-28(42)36-21-12-13-21)18-7-14-23(34)22(15-18)25(35)40/h7-11,14-15,21,24H,12-13,16-17H2,1-6H3,(H2,35,40)(H,36,42)(H,37,38,43). The van der Waals surface area contributed by atoms with Crippen LogP contribution in [0.3, 0.4) is 0 Å². The Morgan fingerprint density at radius 1 is 1.09 bits per heavy atom. The van der Waals surface area contributed by atoms with Crippen molar-refractivity contribution in [1.82, 2.24) is 15.5 Å². The van der Waals surface area contributed by atoms with Crippen molar-refractivity contribution >= 4 is 57.5 Å². The van der Waals surface area contributed by atoms with E-state index in [2.05, 4.69) is 26.6 Å². The van der Waals surface area contributed by atoms with Crippen LogP contribution in [0.2, 0.25) is 5.02 Å². The molecule has 4 rings (SSSR count). The molecule has 2 atom stereocenters. The van der Waals surface area contributed by atoms with E-state index in [0.29, 0.717) is 11.1 Å². The molecule has 0 saturated heterocycles. The molecule has 4 amide bonds. The van der Waals surface area contributed by atoms with Gasteiger partial charge in [0.2, 0.25) is 11.9 Å². The highest BCUT2D eigenvalue weighted by molar-refractivity contribution is 9.10. The van der Waals surface area contributed by atoms with Crippen molar-refractivity contribution in [3.8, 4) is 0 Å². The zero-order valence-corrected chi connectivity index (χ0v) is 28.5. The molecule has 242 valence electrons. The zero-order valence-electron chi connectivity index (χ0n) is 26.2. The summed E-state index contributed by atoms with van der Waals surface area (Å²) in [6, 6.07) is 10.7. The van der Waals surface area contributed by atoms with Crippen LogP contribution in [-0.4, -0.2) is 53.1 Å². The Morgan fingerprint density at radius 2 is 1.73 bits per heavy atom. The van der Waals surface area contributed by atoms with Gasteiger partial charge in [0.15, 0.2) is 5.54 Å². The molecule has 0 radical (unpaired) electrons. The molecule has 45 heavy (non-hydrogen) atoms. The van der Waals surface area contributed by atoms with E-state index in [1.807, 2.05) is 32.9 Å². The molecule has 11 nitrogen and oxygen atoms in total. The van der Waals surface area contributed by atoms with Crippen molar-refractivity contribution < 1.29 is 28.7 Å². The molecule has 1 aliphatic carbocycles. The second-order valence-corrected chi connectivity index (χ2v) is 14.8. The van der Waals surface area contributed by atoms with Gasteiger partial charge in [0, 0.05) is 10.5 Å². The minimum absolute atomic E-state index is 0.0145. The van der Waals surface area contributed by atoms with E-state index >= 15 is 0 Å². The third kappa shape index (κ3) is 8.55. The van der Waals surface area contributed by atoms with Crippen LogP contribution in [0.25, 0.3) is 0 Å². The summed E-state index contributed by atoms with van der Waals surface area (Å²) in [6.45, 7) is 10.8. The lowest BCUT2D eigenvalue weighted by Crippen LogP contribution is -2.50. The number of carbonyl (C=O) groups excluding carboxylic acids is 4. The minimum Gasteiger partial charge on any atom is -0.447 e. The van der Waals surface area contributed by atoms with Crippen LogP contribution in [-0.2, 0) is 19.8 Å². The molecule has 0 spiro atoms. The Kier molecular flexibility index (Phi) is 9.89. The van der Waals surface area contributed by atoms with E-state index in [1.165, 1.54) is 17.0 Å². The molecule has 4 N–H and O–H groups in total. The minimum atomic E-state index is -1.48. The zero-order chi connectivity index (χ0) is 33.3. The number of ether oxygens (including phenoxy) is 2. The third-order valence-electron chi connectivity index (χ3n) is 7.04. The average Bonchev–Trinajstić information content (AvgIpc) is 3.68. The van der Waals surface area contributed by atoms with Crippen LogP contribution >= 0.6 is 27.5 Å². The molecule has 1 saturated carbocycles. The Hall–Kier alpha value is -3.64. The lowest BCUT2D eigenvalue weighted by Gasteiger charge is -2.35. The predicted molar refractivity (Wildman–Crippen MR) is 174 cm³/mol. The lowest BCUT2D eigenvalue weighted by atomic mass is 9.75.